The summed E-state index contributed by atoms with van der Waals surface area (Å²) in [5, 5.41) is 5.95. The fourth-order valence-corrected chi connectivity index (χ4v) is 1.64. The number of ether oxygens (including phenoxy) is 1. The van der Waals surface area contributed by atoms with Gasteiger partial charge < -0.3 is 15.4 Å². The first-order valence-electron chi connectivity index (χ1n) is 5.52. The Morgan fingerprint density at radius 1 is 1.53 bits per heavy atom. The fraction of sp³-hybridized carbons (Fsp3) is 0.909. The van der Waals surface area contributed by atoms with Gasteiger partial charge in [-0.3, -0.25) is 4.79 Å². The lowest BCUT2D eigenvalue weighted by molar-refractivity contribution is -0.120. The SMILES string of the molecule is COCCNC(=O)CNCC1CC1(C)C. The van der Waals surface area contributed by atoms with Crippen molar-refractivity contribution in [2.75, 3.05) is 33.4 Å². The highest BCUT2D eigenvalue weighted by Crippen LogP contribution is 2.50. The molecule has 0 saturated heterocycles. The number of carbonyl (C=O) groups excluding carboxylic acids is 1. The van der Waals surface area contributed by atoms with E-state index in [1.807, 2.05) is 0 Å². The minimum Gasteiger partial charge on any atom is -0.383 e. The molecule has 1 saturated carbocycles. The number of methoxy groups -OCH3 is 1. The van der Waals surface area contributed by atoms with Crippen LogP contribution >= 0.6 is 0 Å². The van der Waals surface area contributed by atoms with E-state index in [0.717, 1.165) is 12.5 Å². The molecular formula is C11H22N2O2. The molecule has 88 valence electrons. The summed E-state index contributed by atoms with van der Waals surface area (Å²) in [6.45, 7) is 7.05. The van der Waals surface area contributed by atoms with Crippen molar-refractivity contribution in [1.82, 2.24) is 10.6 Å². The van der Waals surface area contributed by atoms with E-state index in [-0.39, 0.29) is 5.91 Å². The molecule has 0 aromatic carbocycles. The van der Waals surface area contributed by atoms with Crippen LogP contribution in [-0.4, -0.2) is 39.3 Å². The monoisotopic (exact) mass is 214 g/mol. The predicted molar refractivity (Wildman–Crippen MR) is 59.6 cm³/mol. The molecule has 0 heterocycles. The number of amides is 1. The molecule has 2 N–H and O–H groups in total. The minimum absolute atomic E-state index is 0.0468. The topological polar surface area (TPSA) is 50.4 Å². The van der Waals surface area contributed by atoms with Crippen molar-refractivity contribution in [3.05, 3.63) is 0 Å². The van der Waals surface area contributed by atoms with Crippen LogP contribution < -0.4 is 10.6 Å². The van der Waals surface area contributed by atoms with E-state index in [0.29, 0.717) is 25.1 Å². The molecule has 0 bridgehead atoms. The number of hydrogen-bond donors (Lipinski definition) is 2. The standard InChI is InChI=1S/C11H22N2O2/c1-11(2)6-9(11)7-12-8-10(14)13-4-5-15-3/h9,12H,4-8H2,1-3H3,(H,13,14). The van der Waals surface area contributed by atoms with E-state index in [9.17, 15) is 4.79 Å². The Labute approximate surface area is 91.8 Å². The lowest BCUT2D eigenvalue weighted by Gasteiger charge is -2.07. The van der Waals surface area contributed by atoms with Crippen molar-refractivity contribution < 1.29 is 9.53 Å². The van der Waals surface area contributed by atoms with Crippen LogP contribution in [0.4, 0.5) is 0 Å². The van der Waals surface area contributed by atoms with Crippen LogP contribution in [0.5, 0.6) is 0 Å². The molecule has 4 nitrogen and oxygen atoms in total. The van der Waals surface area contributed by atoms with Crippen LogP contribution in [0.1, 0.15) is 20.3 Å². The quantitative estimate of drug-likeness (QED) is 0.603. The van der Waals surface area contributed by atoms with Gasteiger partial charge in [-0.2, -0.15) is 0 Å². The minimum atomic E-state index is 0.0468. The van der Waals surface area contributed by atoms with E-state index in [4.69, 9.17) is 4.74 Å². The van der Waals surface area contributed by atoms with Crippen LogP contribution in [0, 0.1) is 11.3 Å². The van der Waals surface area contributed by atoms with Crippen molar-refractivity contribution in [1.29, 1.82) is 0 Å². The van der Waals surface area contributed by atoms with Gasteiger partial charge in [0.1, 0.15) is 0 Å². The second-order valence-electron chi connectivity index (χ2n) is 4.86. The summed E-state index contributed by atoms with van der Waals surface area (Å²) in [5.74, 6) is 0.787. The van der Waals surface area contributed by atoms with E-state index >= 15 is 0 Å². The van der Waals surface area contributed by atoms with Crippen molar-refractivity contribution in [3.63, 3.8) is 0 Å². The van der Waals surface area contributed by atoms with Gasteiger partial charge in [0.2, 0.25) is 5.91 Å². The first-order chi connectivity index (χ1) is 7.06. The third-order valence-electron chi connectivity index (χ3n) is 3.02. The van der Waals surface area contributed by atoms with Crippen LogP contribution in [0.25, 0.3) is 0 Å². The van der Waals surface area contributed by atoms with Crippen molar-refractivity contribution >= 4 is 5.91 Å². The van der Waals surface area contributed by atoms with E-state index in [1.54, 1.807) is 7.11 Å². The van der Waals surface area contributed by atoms with Crippen LogP contribution in [0.3, 0.4) is 0 Å². The normalized spacial score (nSPS) is 22.5. The van der Waals surface area contributed by atoms with Crippen LogP contribution in [0.15, 0.2) is 0 Å². The number of hydrogen-bond acceptors (Lipinski definition) is 3. The van der Waals surface area contributed by atoms with E-state index in [2.05, 4.69) is 24.5 Å². The Morgan fingerprint density at radius 3 is 2.73 bits per heavy atom. The highest BCUT2D eigenvalue weighted by atomic mass is 16.5. The predicted octanol–water partition coefficient (Wildman–Crippen LogP) is 0.385. The Kier molecular flexibility index (Phi) is 4.54. The van der Waals surface area contributed by atoms with Crippen molar-refractivity contribution in [3.8, 4) is 0 Å². The first-order valence-corrected chi connectivity index (χ1v) is 5.52. The molecule has 1 rings (SSSR count). The maximum atomic E-state index is 11.3. The molecule has 1 unspecified atom stereocenters. The summed E-state index contributed by atoms with van der Waals surface area (Å²) in [6.07, 6.45) is 1.27. The summed E-state index contributed by atoms with van der Waals surface area (Å²) in [6, 6.07) is 0. The molecule has 0 spiro atoms. The Bertz CT molecular complexity index is 217. The van der Waals surface area contributed by atoms with Gasteiger partial charge >= 0.3 is 0 Å². The van der Waals surface area contributed by atoms with Gasteiger partial charge in [0.05, 0.1) is 13.2 Å². The van der Waals surface area contributed by atoms with Gasteiger partial charge in [-0.1, -0.05) is 13.8 Å². The summed E-state index contributed by atoms with van der Waals surface area (Å²) in [7, 11) is 1.62. The molecule has 0 aromatic rings. The second kappa shape index (κ2) is 5.47. The molecule has 1 atom stereocenters. The lowest BCUT2D eigenvalue weighted by Crippen LogP contribution is -2.36. The molecule has 1 amide bonds. The zero-order valence-electron chi connectivity index (χ0n) is 9.93. The zero-order valence-corrected chi connectivity index (χ0v) is 9.93. The van der Waals surface area contributed by atoms with E-state index in [1.165, 1.54) is 6.42 Å². The highest BCUT2D eigenvalue weighted by molar-refractivity contribution is 5.77. The summed E-state index contributed by atoms with van der Waals surface area (Å²) in [4.78, 5) is 11.3. The largest absolute Gasteiger partial charge is 0.383 e. The fourth-order valence-electron chi connectivity index (χ4n) is 1.64. The van der Waals surface area contributed by atoms with Gasteiger partial charge in [-0.15, -0.1) is 0 Å². The van der Waals surface area contributed by atoms with E-state index < -0.39 is 0 Å². The van der Waals surface area contributed by atoms with Gasteiger partial charge in [0.15, 0.2) is 0 Å². The lowest BCUT2D eigenvalue weighted by atomic mass is 10.1. The van der Waals surface area contributed by atoms with Crippen molar-refractivity contribution in [2.45, 2.75) is 20.3 Å². The number of carbonyl (C=O) groups is 1. The smallest absolute Gasteiger partial charge is 0.234 e. The summed E-state index contributed by atoms with van der Waals surface area (Å²) < 4.78 is 4.84. The Balaban J connectivity index is 1.94. The van der Waals surface area contributed by atoms with Crippen LogP contribution in [0.2, 0.25) is 0 Å². The zero-order chi connectivity index (χ0) is 11.3. The average Bonchev–Trinajstić information content (AvgIpc) is 2.74. The maximum Gasteiger partial charge on any atom is 0.234 e. The molecular weight excluding hydrogens is 192 g/mol. The van der Waals surface area contributed by atoms with Gasteiger partial charge in [-0.25, -0.2) is 0 Å². The van der Waals surface area contributed by atoms with Crippen LogP contribution in [-0.2, 0) is 9.53 Å². The number of nitrogens with one attached hydrogen (secondary N) is 2. The van der Waals surface area contributed by atoms with Gasteiger partial charge in [0, 0.05) is 13.7 Å². The molecule has 15 heavy (non-hydrogen) atoms. The average molecular weight is 214 g/mol. The molecule has 4 heteroatoms. The van der Waals surface area contributed by atoms with Crippen molar-refractivity contribution in [2.24, 2.45) is 11.3 Å². The number of rotatable bonds is 7. The Morgan fingerprint density at radius 2 is 2.20 bits per heavy atom. The molecule has 0 aliphatic heterocycles. The highest BCUT2D eigenvalue weighted by Gasteiger charge is 2.44. The second-order valence-corrected chi connectivity index (χ2v) is 4.86. The van der Waals surface area contributed by atoms with Gasteiger partial charge in [0.25, 0.3) is 0 Å². The van der Waals surface area contributed by atoms with Gasteiger partial charge in [-0.05, 0) is 24.3 Å². The Hall–Kier alpha value is -0.610. The molecule has 1 aliphatic carbocycles. The molecule has 1 fully saturated rings. The first kappa shape index (κ1) is 12.5. The summed E-state index contributed by atoms with van der Waals surface area (Å²) in [5.41, 5.74) is 0.486. The molecule has 0 aromatic heterocycles. The molecule has 1 aliphatic rings. The molecule has 0 radical (unpaired) electrons. The third kappa shape index (κ3) is 4.62. The third-order valence-corrected chi connectivity index (χ3v) is 3.02. The summed E-state index contributed by atoms with van der Waals surface area (Å²) >= 11 is 0. The maximum absolute atomic E-state index is 11.3.